The van der Waals surface area contributed by atoms with Crippen LogP contribution in [0.15, 0.2) is 67.0 Å². The van der Waals surface area contributed by atoms with Crippen molar-refractivity contribution in [3.05, 3.63) is 112 Å². The zero-order chi connectivity index (χ0) is 46.7. The fraction of sp³-hybridized carbons (Fsp3) is 0.396. The number of aromatic nitrogens is 2. The number of fused-ring (bicyclic) bond motifs is 2. The third-order valence-corrected chi connectivity index (χ3v) is 15.6. The first kappa shape index (κ1) is 44.6. The summed E-state index contributed by atoms with van der Waals surface area (Å²) in [7, 11) is -4.39. The van der Waals surface area contributed by atoms with Gasteiger partial charge >= 0.3 is 10.2 Å². The number of hydrogen-bond donors (Lipinski definition) is 3. The number of imide groups is 1. The van der Waals surface area contributed by atoms with Crippen LogP contribution in [0.3, 0.4) is 0 Å². The van der Waals surface area contributed by atoms with Crippen LogP contribution in [0.1, 0.15) is 88.3 Å². The molecule has 5 aromatic rings. The number of piperidine rings is 3. The Hall–Kier alpha value is -6.18. The molecule has 5 aliphatic heterocycles. The largest absolute Gasteiger partial charge is 0.369 e. The van der Waals surface area contributed by atoms with Crippen molar-refractivity contribution in [1.29, 1.82) is 0 Å². The highest BCUT2D eigenvalue weighted by molar-refractivity contribution is 7.90. The number of rotatable bonds is 11. The molecule has 0 radical (unpaired) electrons. The van der Waals surface area contributed by atoms with Gasteiger partial charge in [0.1, 0.15) is 29.5 Å². The molecular weight excluding hydrogens is 893 g/mol. The van der Waals surface area contributed by atoms with Crippen LogP contribution in [0.5, 0.6) is 0 Å². The highest BCUT2D eigenvalue weighted by atomic mass is 32.2. The van der Waals surface area contributed by atoms with Crippen molar-refractivity contribution in [2.75, 3.05) is 55.4 Å². The molecule has 5 aliphatic rings. The van der Waals surface area contributed by atoms with Crippen LogP contribution in [0.4, 0.5) is 28.9 Å². The minimum absolute atomic E-state index is 0.0165. The number of halogens is 4. The predicted octanol–water partition coefficient (Wildman–Crippen LogP) is 6.44. The monoisotopic (exact) mass is 940 g/mol. The van der Waals surface area contributed by atoms with E-state index in [0.29, 0.717) is 60.3 Å². The summed E-state index contributed by atoms with van der Waals surface area (Å²) < 4.78 is 89.0. The van der Waals surface area contributed by atoms with Gasteiger partial charge in [0.25, 0.3) is 5.91 Å². The second-order valence-corrected chi connectivity index (χ2v) is 19.9. The maximum atomic E-state index is 15.9. The molecule has 3 aromatic carbocycles. The fourth-order valence-corrected chi connectivity index (χ4v) is 11.7. The van der Waals surface area contributed by atoms with E-state index < -0.39 is 69.4 Å². The number of alkyl halides is 1. The average Bonchev–Trinajstić information content (AvgIpc) is 4.04. The summed E-state index contributed by atoms with van der Waals surface area (Å²) in [5.74, 6) is -4.20. The highest BCUT2D eigenvalue weighted by Crippen LogP contribution is 2.36. The molecule has 4 fully saturated rings. The number of H-pyrrole nitrogens is 1. The molecule has 350 valence electrons. The maximum absolute atomic E-state index is 15.9. The zero-order valence-electron chi connectivity index (χ0n) is 36.4. The van der Waals surface area contributed by atoms with Crippen molar-refractivity contribution >= 4 is 56.1 Å². The van der Waals surface area contributed by atoms with Gasteiger partial charge in [0.2, 0.25) is 17.6 Å². The van der Waals surface area contributed by atoms with E-state index in [1.165, 1.54) is 24.0 Å². The van der Waals surface area contributed by atoms with Gasteiger partial charge in [-0.25, -0.2) is 22.5 Å². The Morgan fingerprint density at radius 1 is 0.851 bits per heavy atom. The Morgan fingerprint density at radius 3 is 2.37 bits per heavy atom. The Bertz CT molecular complexity index is 2930. The lowest BCUT2D eigenvalue weighted by molar-refractivity contribution is -0.136. The van der Waals surface area contributed by atoms with E-state index in [2.05, 4.69) is 26.3 Å². The van der Waals surface area contributed by atoms with Gasteiger partial charge < -0.3 is 19.7 Å². The summed E-state index contributed by atoms with van der Waals surface area (Å²) in [6.45, 7) is 4.08. The predicted molar refractivity (Wildman–Crippen MR) is 241 cm³/mol. The SMILES string of the molecule is O=C1CCC(N2Cc3cc(C4CCN(CC5CCN(c6ccc(-c7cnc8[nH]cc(C(=O)c9c(F)ccc(NS(=O)(=O)N%10CCC(F)C%10)c9F)c8c7)cc6F)CC5)CC4)ccc3C2=O)C(=O)N1. The first-order chi connectivity index (χ1) is 32.2. The van der Waals surface area contributed by atoms with E-state index in [9.17, 15) is 32.0 Å². The number of likely N-dealkylation sites (tertiary alicyclic amines) is 1. The Morgan fingerprint density at radius 2 is 1.64 bits per heavy atom. The number of nitrogens with zero attached hydrogens (tertiary/aromatic N) is 5. The topological polar surface area (TPSA) is 168 Å². The van der Waals surface area contributed by atoms with Crippen LogP contribution >= 0.6 is 0 Å². The van der Waals surface area contributed by atoms with Gasteiger partial charge in [0.15, 0.2) is 5.82 Å². The van der Waals surface area contributed by atoms with E-state index in [1.807, 2.05) is 21.8 Å². The molecule has 0 bridgehead atoms. The highest BCUT2D eigenvalue weighted by Gasteiger charge is 2.40. The molecule has 4 saturated heterocycles. The van der Waals surface area contributed by atoms with Gasteiger partial charge in [-0.2, -0.15) is 12.7 Å². The molecule has 19 heteroatoms. The minimum Gasteiger partial charge on any atom is -0.369 e. The molecule has 14 nitrogen and oxygen atoms in total. The normalized spacial score (nSPS) is 21.3. The summed E-state index contributed by atoms with van der Waals surface area (Å²) >= 11 is 0. The van der Waals surface area contributed by atoms with Gasteiger partial charge in [-0.1, -0.05) is 18.2 Å². The molecule has 0 spiro atoms. The van der Waals surface area contributed by atoms with Crippen LogP contribution < -0.4 is 14.9 Å². The fourth-order valence-electron chi connectivity index (χ4n) is 10.4. The summed E-state index contributed by atoms with van der Waals surface area (Å²) in [4.78, 5) is 64.4. The Labute approximate surface area is 383 Å². The van der Waals surface area contributed by atoms with E-state index in [0.717, 1.165) is 67.3 Å². The second-order valence-electron chi connectivity index (χ2n) is 18.3. The molecule has 2 unspecified atom stereocenters. The van der Waals surface area contributed by atoms with Gasteiger partial charge in [0, 0.05) is 80.2 Å². The molecule has 0 saturated carbocycles. The third-order valence-electron chi connectivity index (χ3n) is 14.1. The van der Waals surface area contributed by atoms with E-state index >= 15 is 13.2 Å². The van der Waals surface area contributed by atoms with Crippen LogP contribution in [0.25, 0.3) is 22.2 Å². The first-order valence-corrected chi connectivity index (χ1v) is 24.1. The molecular formula is C48H48F4N8O6S. The molecule has 10 rings (SSSR count). The lowest BCUT2D eigenvalue weighted by atomic mass is 9.87. The minimum atomic E-state index is -4.39. The van der Waals surface area contributed by atoms with Gasteiger partial charge in [-0.3, -0.25) is 29.2 Å². The summed E-state index contributed by atoms with van der Waals surface area (Å²) in [6.07, 6.45) is 5.71. The number of anilines is 2. The molecule has 2 aromatic heterocycles. The number of pyridine rings is 1. The Balaban J connectivity index is 0.743. The smallest absolute Gasteiger partial charge is 0.301 e. The number of aromatic amines is 1. The van der Waals surface area contributed by atoms with Crippen LogP contribution in [-0.2, 0) is 26.3 Å². The van der Waals surface area contributed by atoms with Crippen molar-refractivity contribution in [3.8, 4) is 11.1 Å². The quantitative estimate of drug-likeness (QED) is 0.0768. The summed E-state index contributed by atoms with van der Waals surface area (Å²) in [6, 6.07) is 13.5. The number of carbonyl (C=O) groups is 4. The molecule has 3 N–H and O–H groups in total. The van der Waals surface area contributed by atoms with E-state index in [-0.39, 0.29) is 47.8 Å². The zero-order valence-corrected chi connectivity index (χ0v) is 37.2. The number of benzene rings is 3. The number of carbonyl (C=O) groups excluding carboxylic acids is 4. The lowest BCUT2D eigenvalue weighted by Gasteiger charge is -2.38. The number of amides is 3. The van der Waals surface area contributed by atoms with Gasteiger partial charge in [0.05, 0.1) is 16.9 Å². The summed E-state index contributed by atoms with van der Waals surface area (Å²) in [5, 5.41) is 2.57. The standard InChI is InChI=1S/C48H48F4N8O6S/c49-33-13-18-59(26-33)67(65,66)56-39-5-4-37(50)43(44(39)52)45(62)36-23-54-46-35(36)20-31(22-53-46)30-2-6-40(38(51)21-30)58-16-9-27(10-17-58)24-57-14-11-28(12-15-57)29-1-3-34-32(19-29)25-60(48(34)64)41-7-8-42(61)55-47(41)63/h1-6,19-23,27-28,33,41,56H,7-18,24-26H2,(H,53,54)(H,55,61,63). The van der Waals surface area contributed by atoms with Crippen molar-refractivity contribution in [1.82, 2.24) is 29.4 Å². The second kappa shape index (κ2) is 17.8. The van der Waals surface area contributed by atoms with E-state index in [1.54, 1.807) is 23.1 Å². The maximum Gasteiger partial charge on any atom is 0.301 e. The van der Waals surface area contributed by atoms with Crippen LogP contribution in [0.2, 0.25) is 0 Å². The van der Waals surface area contributed by atoms with Crippen LogP contribution in [0, 0.1) is 23.4 Å². The average molecular weight is 941 g/mol. The van der Waals surface area contributed by atoms with Gasteiger partial charge in [-0.15, -0.1) is 0 Å². The molecule has 2 atom stereocenters. The summed E-state index contributed by atoms with van der Waals surface area (Å²) in [5.41, 5.74) is 2.60. The molecule has 7 heterocycles. The van der Waals surface area contributed by atoms with Crippen molar-refractivity contribution in [3.63, 3.8) is 0 Å². The number of ketones is 1. The van der Waals surface area contributed by atoms with Crippen molar-refractivity contribution in [2.24, 2.45) is 5.92 Å². The number of hydrogen-bond acceptors (Lipinski definition) is 9. The Kier molecular flexibility index (Phi) is 11.9. The number of nitrogens with one attached hydrogen (secondary N) is 3. The lowest BCUT2D eigenvalue weighted by Crippen LogP contribution is -2.52. The van der Waals surface area contributed by atoms with Crippen molar-refractivity contribution < 1.29 is 45.2 Å². The first-order valence-electron chi connectivity index (χ1n) is 22.7. The van der Waals surface area contributed by atoms with Gasteiger partial charge in [-0.05, 0) is 117 Å². The molecule has 3 amide bonds. The molecule has 0 aliphatic carbocycles. The van der Waals surface area contributed by atoms with Crippen LogP contribution in [-0.4, -0.2) is 114 Å². The molecule has 67 heavy (non-hydrogen) atoms. The third kappa shape index (κ3) is 8.68. The van der Waals surface area contributed by atoms with Crippen molar-refractivity contribution in [2.45, 2.75) is 69.6 Å². The van der Waals surface area contributed by atoms with E-state index in [4.69, 9.17) is 0 Å².